The normalized spacial score (nSPS) is 10.5. The number of amides is 1. The summed E-state index contributed by atoms with van der Waals surface area (Å²) >= 11 is 5.90. The van der Waals surface area contributed by atoms with E-state index in [4.69, 9.17) is 16.3 Å². The van der Waals surface area contributed by atoms with Crippen LogP contribution in [0.2, 0.25) is 5.02 Å². The number of rotatable bonds is 5. The SMILES string of the molecule is O=C(COc1ccccc1Cl)NN=Cc1cccc(O)c1. The summed E-state index contributed by atoms with van der Waals surface area (Å²) < 4.78 is 5.26. The smallest absolute Gasteiger partial charge is 0.277 e. The number of carbonyl (C=O) groups is 1. The number of para-hydroxylation sites is 1. The van der Waals surface area contributed by atoms with Crippen molar-refractivity contribution in [1.82, 2.24) is 5.43 Å². The highest BCUT2D eigenvalue weighted by atomic mass is 35.5. The van der Waals surface area contributed by atoms with Crippen LogP contribution in [0.25, 0.3) is 0 Å². The van der Waals surface area contributed by atoms with Crippen molar-refractivity contribution in [3.8, 4) is 11.5 Å². The molecule has 2 N–H and O–H groups in total. The maximum atomic E-state index is 11.5. The second-order valence-electron chi connectivity index (χ2n) is 4.11. The van der Waals surface area contributed by atoms with Gasteiger partial charge in [0.1, 0.15) is 11.5 Å². The van der Waals surface area contributed by atoms with Crippen LogP contribution in [0.15, 0.2) is 53.6 Å². The van der Waals surface area contributed by atoms with Crippen LogP contribution in [0.3, 0.4) is 0 Å². The number of carbonyl (C=O) groups excluding carboxylic acids is 1. The molecule has 0 aliphatic carbocycles. The van der Waals surface area contributed by atoms with E-state index in [1.807, 2.05) is 0 Å². The zero-order valence-electron chi connectivity index (χ0n) is 11.0. The lowest BCUT2D eigenvalue weighted by atomic mass is 10.2. The number of hydrazone groups is 1. The molecule has 2 aromatic carbocycles. The average Bonchev–Trinajstić information content (AvgIpc) is 2.46. The minimum absolute atomic E-state index is 0.132. The highest BCUT2D eigenvalue weighted by Gasteiger charge is 2.04. The fourth-order valence-electron chi connectivity index (χ4n) is 1.52. The van der Waals surface area contributed by atoms with Crippen LogP contribution in [0.5, 0.6) is 11.5 Å². The Bertz CT molecular complexity index is 659. The first-order valence-corrected chi connectivity index (χ1v) is 6.51. The molecule has 6 heteroatoms. The molecule has 0 aliphatic heterocycles. The summed E-state index contributed by atoms with van der Waals surface area (Å²) in [6.45, 7) is -0.193. The number of phenols is 1. The number of hydrogen-bond acceptors (Lipinski definition) is 4. The Morgan fingerprint density at radius 1 is 1.29 bits per heavy atom. The predicted octanol–water partition coefficient (Wildman–Crippen LogP) is 2.57. The van der Waals surface area contributed by atoms with Crippen molar-refractivity contribution < 1.29 is 14.6 Å². The third-order valence-electron chi connectivity index (χ3n) is 2.47. The topological polar surface area (TPSA) is 70.9 Å². The van der Waals surface area contributed by atoms with Crippen LogP contribution in [0, 0.1) is 0 Å². The third kappa shape index (κ3) is 4.81. The van der Waals surface area contributed by atoms with E-state index in [1.54, 1.807) is 42.5 Å². The molecule has 0 spiro atoms. The van der Waals surface area contributed by atoms with Crippen molar-refractivity contribution in [1.29, 1.82) is 0 Å². The maximum absolute atomic E-state index is 11.5. The second-order valence-corrected chi connectivity index (χ2v) is 4.51. The first-order valence-electron chi connectivity index (χ1n) is 6.13. The monoisotopic (exact) mass is 304 g/mol. The number of nitrogens with one attached hydrogen (secondary N) is 1. The Labute approximate surface area is 126 Å². The van der Waals surface area contributed by atoms with Gasteiger partial charge >= 0.3 is 0 Å². The molecular formula is C15H13ClN2O3. The molecule has 0 atom stereocenters. The van der Waals surface area contributed by atoms with E-state index < -0.39 is 5.91 Å². The summed E-state index contributed by atoms with van der Waals surface area (Å²) in [6.07, 6.45) is 1.42. The number of ether oxygens (including phenoxy) is 1. The Balaban J connectivity index is 1.81. The van der Waals surface area contributed by atoms with Gasteiger partial charge in [-0.2, -0.15) is 5.10 Å². The maximum Gasteiger partial charge on any atom is 0.277 e. The van der Waals surface area contributed by atoms with Crippen molar-refractivity contribution in [2.75, 3.05) is 6.61 Å². The summed E-state index contributed by atoms with van der Waals surface area (Å²) in [7, 11) is 0. The highest BCUT2D eigenvalue weighted by Crippen LogP contribution is 2.22. The molecule has 0 unspecified atom stereocenters. The lowest BCUT2D eigenvalue weighted by Crippen LogP contribution is -2.24. The van der Waals surface area contributed by atoms with E-state index in [-0.39, 0.29) is 12.4 Å². The van der Waals surface area contributed by atoms with E-state index in [0.29, 0.717) is 16.3 Å². The Kier molecular flexibility index (Phi) is 5.17. The average molecular weight is 305 g/mol. The standard InChI is InChI=1S/C15H13ClN2O3/c16-13-6-1-2-7-14(13)21-10-15(20)18-17-9-11-4-3-5-12(19)8-11/h1-9,19H,10H2,(H,18,20). The number of nitrogens with zero attached hydrogens (tertiary/aromatic N) is 1. The first-order chi connectivity index (χ1) is 10.1. The van der Waals surface area contributed by atoms with E-state index in [2.05, 4.69) is 10.5 Å². The third-order valence-corrected chi connectivity index (χ3v) is 2.78. The van der Waals surface area contributed by atoms with Gasteiger partial charge in [0.15, 0.2) is 6.61 Å². The van der Waals surface area contributed by atoms with Crippen molar-refractivity contribution in [3.05, 3.63) is 59.1 Å². The number of aromatic hydroxyl groups is 1. The van der Waals surface area contributed by atoms with Gasteiger partial charge in [0.05, 0.1) is 11.2 Å². The number of benzene rings is 2. The van der Waals surface area contributed by atoms with Crippen LogP contribution >= 0.6 is 11.6 Å². The Morgan fingerprint density at radius 3 is 2.86 bits per heavy atom. The summed E-state index contributed by atoms with van der Waals surface area (Å²) in [5, 5.41) is 13.5. The van der Waals surface area contributed by atoms with Crippen LogP contribution in [0.4, 0.5) is 0 Å². The van der Waals surface area contributed by atoms with E-state index in [0.717, 1.165) is 0 Å². The van der Waals surface area contributed by atoms with Crippen LogP contribution in [0.1, 0.15) is 5.56 Å². The minimum Gasteiger partial charge on any atom is -0.508 e. The summed E-state index contributed by atoms with van der Waals surface area (Å²) in [6, 6.07) is 13.4. The zero-order valence-corrected chi connectivity index (χ0v) is 11.7. The van der Waals surface area contributed by atoms with Gasteiger partial charge in [-0.1, -0.05) is 35.9 Å². The van der Waals surface area contributed by atoms with Crippen molar-refractivity contribution in [2.24, 2.45) is 5.10 Å². The molecule has 0 bridgehead atoms. The molecule has 0 aromatic heterocycles. The molecule has 0 saturated carbocycles. The minimum atomic E-state index is -0.411. The fraction of sp³-hybridized carbons (Fsp3) is 0.0667. The molecule has 0 aliphatic rings. The van der Waals surface area contributed by atoms with Crippen molar-refractivity contribution in [3.63, 3.8) is 0 Å². The van der Waals surface area contributed by atoms with E-state index in [9.17, 15) is 9.90 Å². The molecule has 0 fully saturated rings. The molecule has 108 valence electrons. The Hall–Kier alpha value is -2.53. The van der Waals surface area contributed by atoms with Gasteiger partial charge in [0, 0.05) is 0 Å². The van der Waals surface area contributed by atoms with E-state index in [1.165, 1.54) is 12.3 Å². The molecule has 0 heterocycles. The van der Waals surface area contributed by atoms with Gasteiger partial charge in [0.25, 0.3) is 5.91 Å². The first kappa shape index (κ1) is 14.9. The lowest BCUT2D eigenvalue weighted by Gasteiger charge is -2.06. The van der Waals surface area contributed by atoms with Crippen LogP contribution < -0.4 is 10.2 Å². The van der Waals surface area contributed by atoms with Gasteiger partial charge in [0.2, 0.25) is 0 Å². The lowest BCUT2D eigenvalue weighted by molar-refractivity contribution is -0.123. The summed E-state index contributed by atoms with van der Waals surface area (Å²) in [5.41, 5.74) is 2.99. The fourth-order valence-corrected chi connectivity index (χ4v) is 1.71. The number of halogens is 1. The van der Waals surface area contributed by atoms with Crippen LogP contribution in [-0.2, 0) is 4.79 Å². The molecule has 0 saturated heterocycles. The number of phenolic OH excluding ortho intramolecular Hbond substituents is 1. The van der Waals surface area contributed by atoms with Crippen molar-refractivity contribution in [2.45, 2.75) is 0 Å². The van der Waals surface area contributed by atoms with Crippen LogP contribution in [-0.4, -0.2) is 23.8 Å². The van der Waals surface area contributed by atoms with Gasteiger partial charge in [-0.3, -0.25) is 4.79 Å². The quantitative estimate of drug-likeness (QED) is 0.659. The molecule has 1 amide bonds. The Morgan fingerprint density at radius 2 is 2.10 bits per heavy atom. The van der Waals surface area contributed by atoms with Gasteiger partial charge in [-0.05, 0) is 29.8 Å². The van der Waals surface area contributed by atoms with Gasteiger partial charge in [-0.25, -0.2) is 5.43 Å². The summed E-state index contributed by atoms with van der Waals surface area (Å²) in [4.78, 5) is 11.5. The molecule has 0 radical (unpaired) electrons. The zero-order chi connectivity index (χ0) is 15.1. The predicted molar refractivity (Wildman–Crippen MR) is 80.8 cm³/mol. The summed E-state index contributed by atoms with van der Waals surface area (Å²) in [5.74, 6) is 0.157. The molecule has 2 aromatic rings. The molecule has 5 nitrogen and oxygen atoms in total. The largest absolute Gasteiger partial charge is 0.508 e. The van der Waals surface area contributed by atoms with Crippen molar-refractivity contribution >= 4 is 23.7 Å². The second kappa shape index (κ2) is 7.31. The number of hydrogen-bond donors (Lipinski definition) is 2. The molecular weight excluding hydrogens is 292 g/mol. The van der Waals surface area contributed by atoms with Gasteiger partial charge < -0.3 is 9.84 Å². The molecule has 2 rings (SSSR count). The van der Waals surface area contributed by atoms with E-state index >= 15 is 0 Å². The highest BCUT2D eigenvalue weighted by molar-refractivity contribution is 6.32. The van der Waals surface area contributed by atoms with Gasteiger partial charge in [-0.15, -0.1) is 0 Å². The molecule has 21 heavy (non-hydrogen) atoms.